The summed E-state index contributed by atoms with van der Waals surface area (Å²) in [6.07, 6.45) is 1.60. The Hall–Kier alpha value is -1.43. The molecular formula is C16H25N3O2. The molecule has 1 aromatic carbocycles. The molecule has 1 saturated heterocycles. The normalized spacial score (nSPS) is 18.4. The zero-order valence-corrected chi connectivity index (χ0v) is 12.6. The molecule has 1 atom stereocenters. The van der Waals surface area contributed by atoms with Crippen molar-refractivity contribution in [1.82, 2.24) is 10.2 Å². The van der Waals surface area contributed by atoms with Gasteiger partial charge in [0, 0.05) is 26.2 Å². The van der Waals surface area contributed by atoms with Crippen LogP contribution in [0.5, 0.6) is 0 Å². The average Bonchev–Trinajstić information content (AvgIpc) is 2.48. The molecule has 1 aliphatic rings. The van der Waals surface area contributed by atoms with Crippen LogP contribution in [0, 0.1) is 0 Å². The molecule has 116 valence electrons. The maximum Gasteiger partial charge on any atom is 0.236 e. The van der Waals surface area contributed by atoms with Crippen molar-refractivity contribution in [2.75, 3.05) is 13.1 Å². The van der Waals surface area contributed by atoms with E-state index in [0.717, 1.165) is 38.0 Å². The number of nitrogens with one attached hydrogen (secondary N) is 1. The average molecular weight is 291 g/mol. The molecule has 0 spiro atoms. The zero-order chi connectivity index (χ0) is 15.2. The van der Waals surface area contributed by atoms with Crippen LogP contribution >= 0.6 is 0 Å². The van der Waals surface area contributed by atoms with Crippen LogP contribution in [0.25, 0.3) is 0 Å². The quantitative estimate of drug-likeness (QED) is 0.742. The van der Waals surface area contributed by atoms with Crippen LogP contribution in [0.15, 0.2) is 24.3 Å². The molecule has 1 aromatic rings. The van der Waals surface area contributed by atoms with Gasteiger partial charge in [-0.15, -0.1) is 0 Å². The Morgan fingerprint density at radius 1 is 1.33 bits per heavy atom. The molecule has 21 heavy (non-hydrogen) atoms. The molecule has 1 heterocycles. The number of aliphatic hydroxyl groups excluding tert-OH is 1. The SMILES string of the molecule is C[C@@H](N)C(=O)NCc1ccc(CN2CCC(O)CC2)cc1. The van der Waals surface area contributed by atoms with Gasteiger partial charge in [-0.3, -0.25) is 9.69 Å². The summed E-state index contributed by atoms with van der Waals surface area (Å²) in [4.78, 5) is 13.8. The van der Waals surface area contributed by atoms with E-state index in [4.69, 9.17) is 5.73 Å². The van der Waals surface area contributed by atoms with Crippen molar-refractivity contribution >= 4 is 5.91 Å². The number of carbonyl (C=O) groups is 1. The van der Waals surface area contributed by atoms with Gasteiger partial charge in [0.1, 0.15) is 0 Å². The van der Waals surface area contributed by atoms with Gasteiger partial charge >= 0.3 is 0 Å². The van der Waals surface area contributed by atoms with Crippen molar-refractivity contribution in [3.63, 3.8) is 0 Å². The fourth-order valence-electron chi connectivity index (χ4n) is 2.45. The third-order valence-corrected chi connectivity index (χ3v) is 3.87. The maximum absolute atomic E-state index is 11.4. The molecule has 0 aliphatic carbocycles. The predicted molar refractivity (Wildman–Crippen MR) is 82.5 cm³/mol. The van der Waals surface area contributed by atoms with Gasteiger partial charge in [0.05, 0.1) is 12.1 Å². The number of benzene rings is 1. The first kappa shape index (κ1) is 15.9. The molecule has 4 N–H and O–H groups in total. The number of likely N-dealkylation sites (tertiary alicyclic amines) is 1. The lowest BCUT2D eigenvalue weighted by molar-refractivity contribution is -0.122. The van der Waals surface area contributed by atoms with Gasteiger partial charge in [-0.25, -0.2) is 0 Å². The smallest absolute Gasteiger partial charge is 0.236 e. The Morgan fingerprint density at radius 2 is 1.90 bits per heavy atom. The third kappa shape index (κ3) is 5.12. The van der Waals surface area contributed by atoms with E-state index < -0.39 is 6.04 Å². The monoisotopic (exact) mass is 291 g/mol. The molecule has 0 radical (unpaired) electrons. The second-order valence-electron chi connectivity index (χ2n) is 5.83. The Balaban J connectivity index is 1.80. The van der Waals surface area contributed by atoms with Gasteiger partial charge in [0.25, 0.3) is 0 Å². The van der Waals surface area contributed by atoms with Crippen molar-refractivity contribution in [3.8, 4) is 0 Å². The topological polar surface area (TPSA) is 78.6 Å². The Kier molecular flexibility index (Phi) is 5.73. The zero-order valence-electron chi connectivity index (χ0n) is 12.6. The first-order chi connectivity index (χ1) is 10.0. The number of nitrogens with zero attached hydrogens (tertiary/aromatic N) is 1. The number of rotatable bonds is 5. The van der Waals surface area contributed by atoms with E-state index in [1.54, 1.807) is 6.92 Å². The van der Waals surface area contributed by atoms with Gasteiger partial charge in [-0.2, -0.15) is 0 Å². The van der Waals surface area contributed by atoms with Crippen LogP contribution in [-0.4, -0.2) is 41.1 Å². The highest BCUT2D eigenvalue weighted by Gasteiger charge is 2.16. The van der Waals surface area contributed by atoms with Crippen molar-refractivity contribution < 1.29 is 9.90 Å². The lowest BCUT2D eigenvalue weighted by Gasteiger charge is -2.29. The highest BCUT2D eigenvalue weighted by Crippen LogP contribution is 2.14. The Labute approximate surface area is 126 Å². The molecule has 1 aliphatic heterocycles. The first-order valence-electron chi connectivity index (χ1n) is 7.56. The molecular weight excluding hydrogens is 266 g/mol. The van der Waals surface area contributed by atoms with E-state index in [9.17, 15) is 9.90 Å². The van der Waals surface area contributed by atoms with Gasteiger partial charge in [-0.05, 0) is 30.9 Å². The van der Waals surface area contributed by atoms with Crippen molar-refractivity contribution in [1.29, 1.82) is 0 Å². The number of amides is 1. The highest BCUT2D eigenvalue weighted by atomic mass is 16.3. The van der Waals surface area contributed by atoms with Crippen LogP contribution in [-0.2, 0) is 17.9 Å². The minimum Gasteiger partial charge on any atom is -0.393 e. The van der Waals surface area contributed by atoms with Crippen LogP contribution in [0.1, 0.15) is 30.9 Å². The van der Waals surface area contributed by atoms with E-state index in [1.165, 1.54) is 5.56 Å². The molecule has 5 heteroatoms. The standard InChI is InChI=1S/C16H25N3O2/c1-12(17)16(21)18-10-13-2-4-14(5-3-13)11-19-8-6-15(20)7-9-19/h2-5,12,15,20H,6-11,17H2,1H3,(H,18,21)/t12-/m1/s1. The second-order valence-corrected chi connectivity index (χ2v) is 5.83. The number of carbonyl (C=O) groups excluding carboxylic acids is 1. The largest absolute Gasteiger partial charge is 0.393 e. The summed E-state index contributed by atoms with van der Waals surface area (Å²) in [5, 5.41) is 12.3. The predicted octanol–water partition coefficient (Wildman–Crippen LogP) is 0.607. The number of hydrogen-bond acceptors (Lipinski definition) is 4. The third-order valence-electron chi connectivity index (χ3n) is 3.87. The molecule has 2 rings (SSSR count). The van der Waals surface area contributed by atoms with Crippen LogP contribution in [0.3, 0.4) is 0 Å². The van der Waals surface area contributed by atoms with E-state index >= 15 is 0 Å². The van der Waals surface area contributed by atoms with Gasteiger partial charge in [0.2, 0.25) is 5.91 Å². The highest BCUT2D eigenvalue weighted by molar-refractivity contribution is 5.80. The number of piperidine rings is 1. The van der Waals surface area contributed by atoms with Crippen LogP contribution in [0.4, 0.5) is 0 Å². The van der Waals surface area contributed by atoms with Crippen molar-refractivity contribution in [2.24, 2.45) is 5.73 Å². The summed E-state index contributed by atoms with van der Waals surface area (Å²) in [6.45, 7) is 5.00. The number of aliphatic hydroxyl groups is 1. The van der Waals surface area contributed by atoms with Gasteiger partial charge in [0.15, 0.2) is 0 Å². The van der Waals surface area contributed by atoms with Crippen molar-refractivity contribution in [3.05, 3.63) is 35.4 Å². The molecule has 5 nitrogen and oxygen atoms in total. The van der Waals surface area contributed by atoms with Crippen molar-refractivity contribution in [2.45, 2.75) is 45.0 Å². The minimum atomic E-state index is -0.473. The van der Waals surface area contributed by atoms with Gasteiger partial charge < -0.3 is 16.2 Å². The molecule has 1 amide bonds. The summed E-state index contributed by atoms with van der Waals surface area (Å²) < 4.78 is 0. The molecule has 0 bridgehead atoms. The van der Waals surface area contributed by atoms with E-state index in [-0.39, 0.29) is 12.0 Å². The minimum absolute atomic E-state index is 0.128. The van der Waals surface area contributed by atoms with E-state index in [2.05, 4.69) is 22.3 Å². The Morgan fingerprint density at radius 3 is 2.48 bits per heavy atom. The van der Waals surface area contributed by atoms with Crippen LogP contribution in [0.2, 0.25) is 0 Å². The fraction of sp³-hybridized carbons (Fsp3) is 0.562. The van der Waals surface area contributed by atoms with E-state index in [1.807, 2.05) is 12.1 Å². The number of nitrogens with two attached hydrogens (primary N) is 1. The van der Waals surface area contributed by atoms with Crippen LogP contribution < -0.4 is 11.1 Å². The fourth-order valence-corrected chi connectivity index (χ4v) is 2.45. The number of hydrogen-bond donors (Lipinski definition) is 3. The summed E-state index contributed by atoms with van der Waals surface area (Å²) >= 11 is 0. The summed E-state index contributed by atoms with van der Waals surface area (Å²) in [7, 11) is 0. The van der Waals surface area contributed by atoms with Gasteiger partial charge in [-0.1, -0.05) is 24.3 Å². The summed E-state index contributed by atoms with van der Waals surface area (Å²) in [6, 6.07) is 7.79. The Bertz CT molecular complexity index is 451. The van der Waals surface area contributed by atoms with E-state index in [0.29, 0.717) is 6.54 Å². The molecule has 1 fully saturated rings. The lowest BCUT2D eigenvalue weighted by atomic mass is 10.1. The molecule has 0 saturated carbocycles. The first-order valence-corrected chi connectivity index (χ1v) is 7.56. The second kappa shape index (κ2) is 7.54. The maximum atomic E-state index is 11.4. The summed E-state index contributed by atoms with van der Waals surface area (Å²) in [5.41, 5.74) is 7.83. The molecule has 0 aromatic heterocycles. The molecule has 0 unspecified atom stereocenters. The summed E-state index contributed by atoms with van der Waals surface area (Å²) in [5.74, 6) is -0.133. The lowest BCUT2D eigenvalue weighted by Crippen LogP contribution is -2.37.